The first kappa shape index (κ1) is 18.2. The van der Waals surface area contributed by atoms with Gasteiger partial charge in [0.15, 0.2) is 0 Å². The Morgan fingerprint density at radius 1 is 1.10 bits per heavy atom. The summed E-state index contributed by atoms with van der Waals surface area (Å²) in [6.45, 7) is 3.73. The summed E-state index contributed by atoms with van der Waals surface area (Å²) in [6.07, 6.45) is 3.82. The van der Waals surface area contributed by atoms with Crippen molar-refractivity contribution in [3.8, 4) is 0 Å². The maximum Gasteiger partial charge on any atom is 0.277 e. The maximum atomic E-state index is 13.7. The molecule has 1 aliphatic carbocycles. The lowest BCUT2D eigenvalue weighted by molar-refractivity contribution is 0.0983. The van der Waals surface area contributed by atoms with Crippen LogP contribution in [-0.4, -0.2) is 20.3 Å². The number of aromatic nitrogens is 3. The number of carbonyl (C=O) groups excluding carboxylic acids is 1. The average Bonchev–Trinajstić information content (AvgIpc) is 3.41. The van der Waals surface area contributed by atoms with Crippen molar-refractivity contribution < 1.29 is 4.79 Å². The molecule has 1 amide bonds. The van der Waals surface area contributed by atoms with Gasteiger partial charge in [-0.3, -0.25) is 19.2 Å². The predicted molar refractivity (Wildman–Crippen MR) is 112 cm³/mol. The Morgan fingerprint density at radius 2 is 1.79 bits per heavy atom. The Kier molecular flexibility index (Phi) is 3.96. The summed E-state index contributed by atoms with van der Waals surface area (Å²) >= 11 is 6.11. The van der Waals surface area contributed by atoms with Crippen LogP contribution in [0.4, 0.5) is 5.69 Å². The lowest BCUT2D eigenvalue weighted by Crippen LogP contribution is -2.32. The Hall–Kier alpha value is -2.86. The molecule has 0 spiro atoms. The van der Waals surface area contributed by atoms with Gasteiger partial charge < -0.3 is 4.57 Å². The van der Waals surface area contributed by atoms with Crippen molar-refractivity contribution in [3.05, 3.63) is 80.0 Å². The smallest absolute Gasteiger partial charge is 0.277 e. The Morgan fingerprint density at radius 3 is 2.41 bits per heavy atom. The van der Waals surface area contributed by atoms with Gasteiger partial charge >= 0.3 is 0 Å². The van der Waals surface area contributed by atoms with Crippen molar-refractivity contribution >= 4 is 23.2 Å². The maximum absolute atomic E-state index is 13.7. The van der Waals surface area contributed by atoms with E-state index in [1.54, 1.807) is 31.1 Å². The SMILES string of the molecule is Cc1nn(C2CC2)c2c1[C@H](c1ccc(Cl)cc1)N(c1cc(C)c(=O)n(C)c1)C2=O. The van der Waals surface area contributed by atoms with Crippen molar-refractivity contribution in [2.75, 3.05) is 4.90 Å². The third kappa shape index (κ3) is 2.74. The van der Waals surface area contributed by atoms with Crippen molar-refractivity contribution in [2.24, 2.45) is 7.05 Å². The van der Waals surface area contributed by atoms with Gasteiger partial charge in [-0.1, -0.05) is 23.7 Å². The van der Waals surface area contributed by atoms with Crippen LogP contribution in [0.1, 0.15) is 57.8 Å². The number of benzene rings is 1. The molecule has 0 unspecified atom stereocenters. The molecule has 2 aliphatic rings. The van der Waals surface area contributed by atoms with E-state index < -0.39 is 0 Å². The standard InChI is InChI=1S/C22H21ClN4O2/c1-12-10-17(11-25(3)21(12)28)26-19(14-4-6-15(23)7-5-14)18-13(2)24-27(16-8-9-16)20(18)22(26)29/h4-7,10-11,16,19H,8-9H2,1-3H3/t19-/m0/s1. The molecule has 5 rings (SSSR count). The molecule has 1 fully saturated rings. The topological polar surface area (TPSA) is 60.1 Å². The van der Waals surface area contributed by atoms with Crippen LogP contribution in [0, 0.1) is 13.8 Å². The molecule has 148 valence electrons. The van der Waals surface area contributed by atoms with E-state index >= 15 is 0 Å². The minimum atomic E-state index is -0.306. The fourth-order valence-corrected chi connectivity index (χ4v) is 4.39. The van der Waals surface area contributed by atoms with E-state index in [9.17, 15) is 9.59 Å². The second-order valence-electron chi connectivity index (χ2n) is 7.95. The van der Waals surface area contributed by atoms with E-state index in [1.165, 1.54) is 4.57 Å². The Balaban J connectivity index is 1.75. The molecular formula is C22H21ClN4O2. The van der Waals surface area contributed by atoms with Crippen LogP contribution in [0.3, 0.4) is 0 Å². The van der Waals surface area contributed by atoms with Gasteiger partial charge in [0.05, 0.1) is 23.5 Å². The molecular weight excluding hydrogens is 388 g/mol. The number of pyridine rings is 1. The van der Waals surface area contributed by atoms with E-state index in [0.717, 1.165) is 29.7 Å². The normalized spacial score (nSPS) is 18.4. The van der Waals surface area contributed by atoms with Crippen molar-refractivity contribution in [1.29, 1.82) is 0 Å². The van der Waals surface area contributed by atoms with E-state index in [0.29, 0.717) is 28.0 Å². The number of nitrogens with zero attached hydrogens (tertiary/aromatic N) is 4. The van der Waals surface area contributed by atoms with Crippen molar-refractivity contribution in [1.82, 2.24) is 14.3 Å². The van der Waals surface area contributed by atoms with Crippen LogP contribution < -0.4 is 10.5 Å². The number of rotatable bonds is 3. The highest BCUT2D eigenvalue weighted by Crippen LogP contribution is 2.46. The summed E-state index contributed by atoms with van der Waals surface area (Å²) in [5, 5.41) is 5.35. The molecule has 0 saturated heterocycles. The van der Waals surface area contributed by atoms with Gasteiger partial charge in [0.25, 0.3) is 11.5 Å². The number of fused-ring (bicyclic) bond motifs is 1. The molecule has 1 saturated carbocycles. The highest BCUT2D eigenvalue weighted by Gasteiger charge is 2.46. The lowest BCUT2D eigenvalue weighted by Gasteiger charge is -2.27. The van der Waals surface area contributed by atoms with Gasteiger partial charge in [0.2, 0.25) is 0 Å². The third-order valence-corrected chi connectivity index (χ3v) is 6.04. The number of hydrogen-bond donors (Lipinski definition) is 0. The van der Waals surface area contributed by atoms with Gasteiger partial charge in [-0.15, -0.1) is 0 Å². The van der Waals surface area contributed by atoms with Crippen LogP contribution >= 0.6 is 11.6 Å². The highest BCUT2D eigenvalue weighted by atomic mass is 35.5. The molecule has 7 heteroatoms. The Bertz CT molecular complexity index is 1180. The minimum Gasteiger partial charge on any atom is -0.316 e. The van der Waals surface area contributed by atoms with Crippen LogP contribution in [-0.2, 0) is 7.05 Å². The van der Waals surface area contributed by atoms with E-state index in [4.69, 9.17) is 16.7 Å². The van der Waals surface area contributed by atoms with E-state index in [1.807, 2.05) is 35.9 Å². The molecule has 3 aromatic rings. The van der Waals surface area contributed by atoms with Crippen LogP contribution in [0.2, 0.25) is 5.02 Å². The number of hydrogen-bond acceptors (Lipinski definition) is 3. The van der Waals surface area contributed by atoms with Gasteiger partial charge in [0.1, 0.15) is 5.69 Å². The first-order valence-electron chi connectivity index (χ1n) is 9.72. The number of amides is 1. The molecule has 29 heavy (non-hydrogen) atoms. The summed E-state index contributed by atoms with van der Waals surface area (Å²) in [6, 6.07) is 9.36. The second-order valence-corrected chi connectivity index (χ2v) is 8.39. The Labute approximate surface area is 173 Å². The summed E-state index contributed by atoms with van der Waals surface area (Å²) in [7, 11) is 1.71. The molecule has 0 bridgehead atoms. The molecule has 1 atom stereocenters. The zero-order chi connectivity index (χ0) is 20.4. The molecule has 3 heterocycles. The average molecular weight is 409 g/mol. The number of anilines is 1. The third-order valence-electron chi connectivity index (χ3n) is 5.79. The van der Waals surface area contributed by atoms with Crippen LogP contribution in [0.25, 0.3) is 0 Å². The first-order chi connectivity index (χ1) is 13.9. The zero-order valence-corrected chi connectivity index (χ0v) is 17.3. The summed E-state index contributed by atoms with van der Waals surface area (Å²) < 4.78 is 3.44. The fourth-order valence-electron chi connectivity index (χ4n) is 4.26. The summed E-state index contributed by atoms with van der Waals surface area (Å²) in [5.74, 6) is -0.0782. The molecule has 6 nitrogen and oxygen atoms in total. The van der Waals surface area contributed by atoms with Crippen molar-refractivity contribution in [3.63, 3.8) is 0 Å². The monoisotopic (exact) mass is 408 g/mol. The highest BCUT2D eigenvalue weighted by molar-refractivity contribution is 6.30. The summed E-state index contributed by atoms with van der Waals surface area (Å²) in [5.41, 5.74) is 4.67. The van der Waals surface area contributed by atoms with E-state index in [-0.39, 0.29) is 17.5 Å². The minimum absolute atomic E-state index is 0.0683. The van der Waals surface area contributed by atoms with Crippen LogP contribution in [0.15, 0.2) is 41.3 Å². The summed E-state index contributed by atoms with van der Waals surface area (Å²) in [4.78, 5) is 27.7. The van der Waals surface area contributed by atoms with E-state index in [2.05, 4.69) is 0 Å². The van der Waals surface area contributed by atoms with Gasteiger partial charge in [0, 0.05) is 29.4 Å². The molecule has 0 radical (unpaired) electrons. The molecule has 2 aromatic heterocycles. The zero-order valence-electron chi connectivity index (χ0n) is 16.5. The van der Waals surface area contributed by atoms with Gasteiger partial charge in [-0.25, -0.2) is 0 Å². The second kappa shape index (κ2) is 6.32. The molecule has 0 N–H and O–H groups in total. The van der Waals surface area contributed by atoms with Gasteiger partial charge in [-0.05, 0) is 50.5 Å². The largest absolute Gasteiger partial charge is 0.316 e. The fraction of sp³-hybridized carbons (Fsp3) is 0.318. The predicted octanol–water partition coefficient (Wildman–Crippen LogP) is 3.94. The van der Waals surface area contributed by atoms with Crippen molar-refractivity contribution in [2.45, 2.75) is 38.8 Å². The quantitative estimate of drug-likeness (QED) is 0.659. The molecule has 1 aromatic carbocycles. The van der Waals surface area contributed by atoms with Crippen LogP contribution in [0.5, 0.6) is 0 Å². The first-order valence-corrected chi connectivity index (χ1v) is 10.1. The lowest BCUT2D eigenvalue weighted by atomic mass is 9.99. The van der Waals surface area contributed by atoms with Gasteiger partial charge in [-0.2, -0.15) is 5.10 Å². The number of carbonyl (C=O) groups is 1. The number of aryl methyl sites for hydroxylation is 3. The molecule has 1 aliphatic heterocycles. The number of halogens is 1.